The van der Waals surface area contributed by atoms with Gasteiger partial charge in [-0.05, 0) is 37.1 Å². The van der Waals surface area contributed by atoms with Crippen molar-refractivity contribution in [3.8, 4) is 16.9 Å². The molecule has 0 aliphatic heterocycles. The number of nitrogens with two attached hydrogens (primary N) is 1. The molecular formula is C19H19F5N2O3. The van der Waals surface area contributed by atoms with E-state index in [2.05, 4.69) is 4.98 Å². The summed E-state index contributed by atoms with van der Waals surface area (Å²) in [7, 11) is 1.21. The first-order valence-corrected chi connectivity index (χ1v) is 8.38. The Morgan fingerprint density at radius 3 is 2.34 bits per heavy atom. The van der Waals surface area contributed by atoms with Gasteiger partial charge in [-0.2, -0.15) is 13.2 Å². The third kappa shape index (κ3) is 5.33. The molecule has 0 aliphatic carbocycles. The van der Waals surface area contributed by atoms with Crippen molar-refractivity contribution in [3.05, 3.63) is 47.8 Å². The van der Waals surface area contributed by atoms with Crippen molar-refractivity contribution in [3.63, 3.8) is 0 Å². The smallest absolute Gasteiger partial charge is 0.405 e. The predicted octanol–water partition coefficient (Wildman–Crippen LogP) is 4.95. The lowest BCUT2D eigenvalue weighted by atomic mass is 9.79. The highest BCUT2D eigenvalue weighted by Crippen LogP contribution is 2.45. The molecule has 0 saturated heterocycles. The molecule has 1 amide bonds. The molecule has 1 aromatic carbocycles. The number of hydrogen-bond acceptors (Lipinski definition) is 4. The van der Waals surface area contributed by atoms with Crippen LogP contribution >= 0.6 is 0 Å². The molecule has 0 radical (unpaired) electrons. The maximum absolute atomic E-state index is 13.9. The fourth-order valence-corrected chi connectivity index (χ4v) is 3.13. The van der Waals surface area contributed by atoms with Crippen LogP contribution in [0.5, 0.6) is 5.75 Å². The molecule has 2 N–H and O–H groups in total. The number of alkyl halides is 3. The van der Waals surface area contributed by atoms with Crippen LogP contribution in [0.2, 0.25) is 0 Å². The Morgan fingerprint density at radius 1 is 1.17 bits per heavy atom. The van der Waals surface area contributed by atoms with Gasteiger partial charge < -0.3 is 15.2 Å². The van der Waals surface area contributed by atoms with Gasteiger partial charge in [0.05, 0.1) is 13.5 Å². The van der Waals surface area contributed by atoms with Gasteiger partial charge in [0.15, 0.2) is 11.6 Å². The number of ether oxygens (including phenoxy) is 2. The first kappa shape index (κ1) is 22.4. The lowest BCUT2D eigenvalue weighted by molar-refractivity contribution is -0.150. The van der Waals surface area contributed by atoms with Crippen LogP contribution in [0.25, 0.3) is 11.1 Å². The molecule has 0 fully saturated rings. The Balaban J connectivity index is 2.72. The quantitative estimate of drug-likeness (QED) is 0.674. The van der Waals surface area contributed by atoms with Crippen molar-refractivity contribution in [2.45, 2.75) is 38.0 Å². The molecule has 1 unspecified atom stereocenters. The Labute approximate surface area is 163 Å². The van der Waals surface area contributed by atoms with Gasteiger partial charge in [-0.25, -0.2) is 13.6 Å². The van der Waals surface area contributed by atoms with Gasteiger partial charge in [0.2, 0.25) is 0 Å². The molecule has 1 heterocycles. The Hall–Kier alpha value is -2.91. The summed E-state index contributed by atoms with van der Waals surface area (Å²) in [5, 5.41) is 0. The molecule has 2 rings (SSSR count). The normalized spacial score (nSPS) is 13.1. The molecular weight excluding hydrogens is 399 g/mol. The van der Waals surface area contributed by atoms with E-state index in [0.717, 1.165) is 18.3 Å². The number of hydrogen-bond donors (Lipinski definition) is 1. The zero-order valence-electron chi connectivity index (χ0n) is 15.8. The highest BCUT2D eigenvalue weighted by atomic mass is 19.4. The number of methoxy groups -OCH3 is 1. The van der Waals surface area contributed by atoms with E-state index in [1.807, 2.05) is 0 Å². The van der Waals surface area contributed by atoms with Crippen molar-refractivity contribution >= 4 is 6.09 Å². The zero-order valence-corrected chi connectivity index (χ0v) is 15.8. The third-order valence-corrected chi connectivity index (χ3v) is 4.40. The summed E-state index contributed by atoms with van der Waals surface area (Å²) in [5.41, 5.74) is 3.47. The molecule has 0 spiro atoms. The minimum Gasteiger partial charge on any atom is -0.496 e. The minimum atomic E-state index is -4.63. The molecule has 0 saturated carbocycles. The van der Waals surface area contributed by atoms with Gasteiger partial charge in [-0.3, -0.25) is 4.98 Å². The van der Waals surface area contributed by atoms with Crippen LogP contribution < -0.4 is 10.5 Å². The maximum atomic E-state index is 13.9. The van der Waals surface area contributed by atoms with Crippen LogP contribution in [0.15, 0.2) is 30.6 Å². The highest BCUT2D eigenvalue weighted by Gasteiger charge is 2.43. The van der Waals surface area contributed by atoms with Gasteiger partial charge in [0.1, 0.15) is 11.4 Å². The van der Waals surface area contributed by atoms with Crippen LogP contribution in [-0.2, 0) is 4.74 Å². The average Bonchev–Trinajstić information content (AvgIpc) is 2.60. The van der Waals surface area contributed by atoms with Crippen LogP contribution in [0.4, 0.5) is 26.7 Å². The van der Waals surface area contributed by atoms with Gasteiger partial charge in [-0.15, -0.1) is 0 Å². The van der Waals surface area contributed by atoms with E-state index in [0.29, 0.717) is 0 Å². The highest BCUT2D eigenvalue weighted by molar-refractivity contribution is 5.74. The molecule has 5 nitrogen and oxygen atoms in total. The Bertz CT molecular complexity index is 900. The van der Waals surface area contributed by atoms with E-state index in [1.165, 1.54) is 33.2 Å². The fraction of sp³-hybridized carbons (Fsp3) is 0.368. The maximum Gasteiger partial charge on any atom is 0.405 e. The summed E-state index contributed by atoms with van der Waals surface area (Å²) in [6.45, 7) is 2.54. The summed E-state index contributed by atoms with van der Waals surface area (Å²) in [5.74, 6) is -3.92. The number of halogens is 5. The summed E-state index contributed by atoms with van der Waals surface area (Å²) >= 11 is 0. The monoisotopic (exact) mass is 418 g/mol. The summed E-state index contributed by atoms with van der Waals surface area (Å²) in [6, 6.07) is 2.95. The number of aromatic nitrogens is 1. The standard InChI is InChI=1S/C19H19F5N2O3/c1-18(2,29-17(25)27)13(8-19(22,23)24)12-9-26-5-4-10(12)11-6-14(20)15(21)7-16(11)28-3/h4-7,9,13H,8H2,1-3H3,(H2,25,27). The first-order valence-electron chi connectivity index (χ1n) is 8.38. The van der Waals surface area contributed by atoms with E-state index >= 15 is 0 Å². The predicted molar refractivity (Wildman–Crippen MR) is 94.3 cm³/mol. The molecule has 158 valence electrons. The number of amides is 1. The summed E-state index contributed by atoms with van der Waals surface area (Å²) in [6.07, 6.45) is -4.82. The van der Waals surface area contributed by atoms with E-state index in [4.69, 9.17) is 15.2 Å². The molecule has 0 bridgehead atoms. The van der Waals surface area contributed by atoms with Gasteiger partial charge in [0, 0.05) is 29.9 Å². The summed E-state index contributed by atoms with van der Waals surface area (Å²) < 4.78 is 77.5. The summed E-state index contributed by atoms with van der Waals surface area (Å²) in [4.78, 5) is 15.1. The number of carbonyl (C=O) groups excluding carboxylic acids is 1. The molecule has 1 aromatic heterocycles. The van der Waals surface area contributed by atoms with Gasteiger partial charge >= 0.3 is 12.3 Å². The van der Waals surface area contributed by atoms with Crippen molar-refractivity contribution < 1.29 is 36.2 Å². The van der Waals surface area contributed by atoms with E-state index in [1.54, 1.807) is 0 Å². The van der Waals surface area contributed by atoms with E-state index < -0.39 is 41.8 Å². The van der Waals surface area contributed by atoms with Crippen LogP contribution in [0, 0.1) is 11.6 Å². The topological polar surface area (TPSA) is 74.4 Å². The second-order valence-corrected chi connectivity index (χ2v) is 6.83. The lowest BCUT2D eigenvalue weighted by Crippen LogP contribution is -2.39. The Kier molecular flexibility index (Phi) is 6.34. The van der Waals surface area contributed by atoms with Crippen molar-refractivity contribution in [2.24, 2.45) is 5.73 Å². The second-order valence-electron chi connectivity index (χ2n) is 6.83. The van der Waals surface area contributed by atoms with Gasteiger partial charge in [0.25, 0.3) is 0 Å². The van der Waals surface area contributed by atoms with E-state index in [-0.39, 0.29) is 22.4 Å². The number of primary amides is 1. The number of pyridine rings is 1. The van der Waals surface area contributed by atoms with Gasteiger partial charge in [-0.1, -0.05) is 0 Å². The molecule has 10 heteroatoms. The van der Waals surface area contributed by atoms with Crippen LogP contribution in [-0.4, -0.2) is 30.0 Å². The van der Waals surface area contributed by atoms with Crippen LogP contribution in [0.1, 0.15) is 31.7 Å². The first-order chi connectivity index (χ1) is 13.4. The molecule has 0 aliphatic rings. The second kappa shape index (κ2) is 8.22. The third-order valence-electron chi connectivity index (χ3n) is 4.40. The molecule has 29 heavy (non-hydrogen) atoms. The molecule has 2 aromatic rings. The van der Waals surface area contributed by atoms with E-state index in [9.17, 15) is 26.7 Å². The minimum absolute atomic E-state index is 0.000355. The lowest BCUT2D eigenvalue weighted by Gasteiger charge is -2.35. The number of rotatable bonds is 6. The SMILES string of the molecule is COc1cc(F)c(F)cc1-c1ccncc1C(CC(F)(F)F)C(C)(C)OC(N)=O. The molecule has 1 atom stereocenters. The number of nitrogens with zero attached hydrogens (tertiary/aromatic N) is 1. The number of carbonyl (C=O) groups is 1. The zero-order chi connectivity index (χ0) is 22.0. The van der Waals surface area contributed by atoms with Crippen molar-refractivity contribution in [2.75, 3.05) is 7.11 Å². The van der Waals surface area contributed by atoms with Crippen molar-refractivity contribution in [1.82, 2.24) is 4.98 Å². The average molecular weight is 418 g/mol. The van der Waals surface area contributed by atoms with Crippen molar-refractivity contribution in [1.29, 1.82) is 0 Å². The largest absolute Gasteiger partial charge is 0.496 e. The Morgan fingerprint density at radius 2 is 1.79 bits per heavy atom. The van der Waals surface area contributed by atoms with Crippen LogP contribution in [0.3, 0.4) is 0 Å². The fourth-order valence-electron chi connectivity index (χ4n) is 3.13. The number of benzene rings is 1.